The van der Waals surface area contributed by atoms with Gasteiger partial charge in [-0.15, -0.1) is 0 Å². The third kappa shape index (κ3) is 6.98. The van der Waals surface area contributed by atoms with Crippen LogP contribution in [0.2, 0.25) is 0 Å². The van der Waals surface area contributed by atoms with Gasteiger partial charge in [-0.3, -0.25) is 24.6 Å². The van der Waals surface area contributed by atoms with Crippen molar-refractivity contribution in [2.75, 3.05) is 26.7 Å². The van der Waals surface area contributed by atoms with Crippen molar-refractivity contribution in [1.29, 1.82) is 5.41 Å². The normalized spacial score (nSPS) is 20.5. The molecule has 1 aromatic heterocycles. The molecule has 2 aliphatic heterocycles. The lowest BCUT2D eigenvalue weighted by atomic mass is 9.92. The zero-order chi connectivity index (χ0) is 29.7. The number of hydrogen-bond acceptors (Lipinski definition) is 7. The first kappa shape index (κ1) is 29.9. The molecule has 12 nitrogen and oxygen atoms in total. The molecule has 0 spiro atoms. The molecule has 2 aliphatic rings. The number of fused-ring (bicyclic) bond motifs is 1. The van der Waals surface area contributed by atoms with Gasteiger partial charge < -0.3 is 35.3 Å². The fourth-order valence-corrected chi connectivity index (χ4v) is 5.48. The molecule has 0 bridgehead atoms. The number of H-pyrrole nitrogens is 1. The summed E-state index contributed by atoms with van der Waals surface area (Å²) in [6.45, 7) is 6.83. The van der Waals surface area contributed by atoms with Gasteiger partial charge in [-0.25, -0.2) is 0 Å². The molecule has 3 heterocycles. The molecule has 2 fully saturated rings. The summed E-state index contributed by atoms with van der Waals surface area (Å²) in [7, 11) is 1.56. The van der Waals surface area contributed by atoms with E-state index in [-0.39, 0.29) is 36.3 Å². The minimum Gasteiger partial charge on any atom is -0.496 e. The van der Waals surface area contributed by atoms with E-state index in [0.29, 0.717) is 31.7 Å². The standard InChI is InChI=1S/C29H40N6O6/c1-5-11-35-15-24(36)41-25(26(35)30)20(13-17-9-10-31-27(17)37)33-28(38)21(12-16(2)3)34-29(39)22-14-18-19(32-22)7-6-8-23(18)40-4/h6-8,14,16-17,20-21,25,30,32H,5,9-13,15H2,1-4H3,(H,31,37)(H,33,38)(H,34,39). The Balaban J connectivity index is 1.56. The van der Waals surface area contributed by atoms with Gasteiger partial charge in [0, 0.05) is 29.9 Å². The van der Waals surface area contributed by atoms with Crippen LogP contribution >= 0.6 is 0 Å². The van der Waals surface area contributed by atoms with Crippen LogP contribution in [0, 0.1) is 17.2 Å². The minimum absolute atomic E-state index is 0.0327. The fourth-order valence-electron chi connectivity index (χ4n) is 5.48. The quantitative estimate of drug-likeness (QED) is 0.244. The highest BCUT2D eigenvalue weighted by Gasteiger charge is 2.41. The number of cyclic esters (lactones) is 1. The van der Waals surface area contributed by atoms with E-state index in [1.165, 1.54) is 0 Å². The largest absolute Gasteiger partial charge is 0.496 e. The number of aromatic amines is 1. The van der Waals surface area contributed by atoms with E-state index in [4.69, 9.17) is 14.9 Å². The Morgan fingerprint density at radius 1 is 1.24 bits per heavy atom. The Hall–Kier alpha value is -4.09. The van der Waals surface area contributed by atoms with Crippen LogP contribution in [0.25, 0.3) is 10.9 Å². The van der Waals surface area contributed by atoms with Gasteiger partial charge in [0.05, 0.1) is 13.2 Å². The van der Waals surface area contributed by atoms with E-state index in [0.717, 1.165) is 17.3 Å². The molecule has 41 heavy (non-hydrogen) atoms. The van der Waals surface area contributed by atoms with Crippen LogP contribution < -0.4 is 20.7 Å². The maximum Gasteiger partial charge on any atom is 0.326 e. The van der Waals surface area contributed by atoms with Crippen molar-refractivity contribution in [2.45, 2.75) is 64.6 Å². The molecule has 0 radical (unpaired) electrons. The van der Waals surface area contributed by atoms with Crippen molar-refractivity contribution in [3.63, 3.8) is 0 Å². The smallest absolute Gasteiger partial charge is 0.326 e. The van der Waals surface area contributed by atoms with Crippen LogP contribution in [0.1, 0.15) is 56.9 Å². The number of ether oxygens (including phenoxy) is 2. The Bertz CT molecular complexity index is 1310. The van der Waals surface area contributed by atoms with Crippen LogP contribution in [0.5, 0.6) is 5.75 Å². The zero-order valence-corrected chi connectivity index (χ0v) is 24.0. The summed E-state index contributed by atoms with van der Waals surface area (Å²) in [5.41, 5.74) is 1.01. The average molecular weight is 569 g/mol. The number of aromatic nitrogens is 1. The first-order chi connectivity index (χ1) is 19.6. The van der Waals surface area contributed by atoms with Gasteiger partial charge in [-0.1, -0.05) is 26.8 Å². The van der Waals surface area contributed by atoms with E-state index < -0.39 is 41.9 Å². The van der Waals surface area contributed by atoms with Crippen molar-refractivity contribution >= 4 is 40.4 Å². The number of carbonyl (C=O) groups is 4. The zero-order valence-electron chi connectivity index (χ0n) is 24.0. The van der Waals surface area contributed by atoms with Gasteiger partial charge in [-0.2, -0.15) is 0 Å². The van der Waals surface area contributed by atoms with Crippen molar-refractivity contribution < 1.29 is 28.7 Å². The molecule has 222 valence electrons. The molecule has 4 unspecified atom stereocenters. The van der Waals surface area contributed by atoms with Crippen molar-refractivity contribution in [3.8, 4) is 5.75 Å². The lowest BCUT2D eigenvalue weighted by Crippen LogP contribution is -2.60. The SMILES string of the molecule is CCCN1CC(=O)OC(C(CC2CCNC2=O)NC(=O)C(CC(C)C)NC(=O)c2cc3c(OC)cccc3[nH]2)C1=N. The number of amidine groups is 1. The highest BCUT2D eigenvalue weighted by Crippen LogP contribution is 2.26. The fraction of sp³-hybridized carbons (Fsp3) is 0.552. The van der Waals surface area contributed by atoms with Crippen LogP contribution in [0.15, 0.2) is 24.3 Å². The molecular formula is C29H40N6O6. The highest BCUT2D eigenvalue weighted by molar-refractivity contribution is 6.01. The lowest BCUT2D eigenvalue weighted by molar-refractivity contribution is -0.152. The van der Waals surface area contributed by atoms with E-state index in [9.17, 15) is 19.2 Å². The summed E-state index contributed by atoms with van der Waals surface area (Å²) in [5, 5.41) is 18.1. The number of nitrogens with one attached hydrogen (secondary N) is 5. The monoisotopic (exact) mass is 568 g/mol. The molecule has 0 saturated carbocycles. The third-order valence-corrected chi connectivity index (χ3v) is 7.49. The molecule has 2 saturated heterocycles. The second-order valence-electron chi connectivity index (χ2n) is 11.1. The first-order valence-corrected chi connectivity index (χ1v) is 14.2. The molecule has 4 atom stereocenters. The third-order valence-electron chi connectivity index (χ3n) is 7.49. The Morgan fingerprint density at radius 3 is 2.68 bits per heavy atom. The summed E-state index contributed by atoms with van der Waals surface area (Å²) in [6, 6.07) is 5.40. The number of esters is 1. The molecule has 12 heteroatoms. The summed E-state index contributed by atoms with van der Waals surface area (Å²) in [6.07, 6.45) is 0.807. The molecule has 5 N–H and O–H groups in total. The minimum atomic E-state index is -1.04. The van der Waals surface area contributed by atoms with Gasteiger partial charge in [0.2, 0.25) is 11.8 Å². The summed E-state index contributed by atoms with van der Waals surface area (Å²) < 4.78 is 11.0. The number of amides is 3. The van der Waals surface area contributed by atoms with Gasteiger partial charge >= 0.3 is 5.97 Å². The average Bonchev–Trinajstić information content (AvgIpc) is 3.55. The Morgan fingerprint density at radius 2 is 2.02 bits per heavy atom. The second-order valence-corrected chi connectivity index (χ2v) is 11.1. The maximum atomic E-state index is 13.7. The highest BCUT2D eigenvalue weighted by atomic mass is 16.6. The number of morpholine rings is 1. The number of benzene rings is 1. The number of hydrogen-bond donors (Lipinski definition) is 5. The first-order valence-electron chi connectivity index (χ1n) is 14.2. The van der Waals surface area contributed by atoms with Crippen LogP contribution in [0.3, 0.4) is 0 Å². The summed E-state index contributed by atoms with van der Waals surface area (Å²) >= 11 is 0. The van der Waals surface area contributed by atoms with E-state index >= 15 is 0 Å². The van der Waals surface area contributed by atoms with Crippen LogP contribution in [-0.4, -0.2) is 84.3 Å². The molecule has 0 aliphatic carbocycles. The Labute approximate surface area is 239 Å². The topological polar surface area (TPSA) is 166 Å². The van der Waals surface area contributed by atoms with E-state index in [1.807, 2.05) is 32.9 Å². The van der Waals surface area contributed by atoms with E-state index in [2.05, 4.69) is 20.9 Å². The van der Waals surface area contributed by atoms with Crippen molar-refractivity contribution in [1.82, 2.24) is 25.8 Å². The van der Waals surface area contributed by atoms with Crippen LogP contribution in [-0.2, 0) is 19.1 Å². The number of nitrogens with zero attached hydrogens (tertiary/aromatic N) is 1. The van der Waals surface area contributed by atoms with Crippen molar-refractivity contribution in [2.24, 2.45) is 11.8 Å². The lowest BCUT2D eigenvalue weighted by Gasteiger charge is -2.38. The van der Waals surface area contributed by atoms with Crippen LogP contribution in [0.4, 0.5) is 0 Å². The predicted molar refractivity (Wildman–Crippen MR) is 153 cm³/mol. The number of carbonyl (C=O) groups excluding carboxylic acids is 4. The predicted octanol–water partition coefficient (Wildman–Crippen LogP) is 1.95. The van der Waals surface area contributed by atoms with E-state index in [1.54, 1.807) is 24.1 Å². The molecular weight excluding hydrogens is 528 g/mol. The molecule has 3 amide bonds. The van der Waals surface area contributed by atoms with Gasteiger partial charge in [0.1, 0.15) is 29.9 Å². The Kier molecular flexibility index (Phi) is 9.51. The summed E-state index contributed by atoms with van der Waals surface area (Å²) in [4.78, 5) is 56.7. The molecule has 4 rings (SSSR count). The molecule has 1 aromatic carbocycles. The maximum absolute atomic E-state index is 13.7. The van der Waals surface area contributed by atoms with Gasteiger partial charge in [0.15, 0.2) is 6.10 Å². The van der Waals surface area contributed by atoms with Crippen molar-refractivity contribution in [3.05, 3.63) is 30.0 Å². The summed E-state index contributed by atoms with van der Waals surface area (Å²) in [5.74, 6) is -1.17. The molecule has 2 aromatic rings. The van der Waals surface area contributed by atoms with Gasteiger partial charge in [0.25, 0.3) is 5.91 Å². The second kappa shape index (κ2) is 13.0. The van der Waals surface area contributed by atoms with Gasteiger partial charge in [-0.05, 0) is 49.8 Å². The number of rotatable bonds is 12. The number of methoxy groups -OCH3 is 1.